The summed E-state index contributed by atoms with van der Waals surface area (Å²) in [5, 5.41) is 5.11. The third-order valence-corrected chi connectivity index (χ3v) is 1.63. The van der Waals surface area contributed by atoms with Crippen LogP contribution in [0.15, 0.2) is 0 Å². The summed E-state index contributed by atoms with van der Waals surface area (Å²) in [6, 6.07) is 0. The van der Waals surface area contributed by atoms with Crippen molar-refractivity contribution in [2.75, 3.05) is 26.8 Å². The maximum Gasteiger partial charge on any atom is 0.220 e. The lowest BCUT2D eigenvalue weighted by molar-refractivity contribution is -0.126. The zero-order chi connectivity index (χ0) is 10.8. The van der Waals surface area contributed by atoms with Gasteiger partial charge in [0.1, 0.15) is 0 Å². The Morgan fingerprint density at radius 2 is 1.86 bits per heavy atom. The lowest BCUT2D eigenvalue weighted by Crippen LogP contribution is -2.28. The highest BCUT2D eigenvalue weighted by molar-refractivity contribution is 5.83. The van der Waals surface area contributed by atoms with Crippen LogP contribution < -0.4 is 10.6 Å². The van der Waals surface area contributed by atoms with E-state index in [0.29, 0.717) is 19.8 Å². The quantitative estimate of drug-likeness (QED) is 0.555. The molecule has 0 aliphatic carbocycles. The molecule has 0 spiro atoms. The number of amides is 2. The van der Waals surface area contributed by atoms with E-state index in [1.807, 2.05) is 6.92 Å². The summed E-state index contributed by atoms with van der Waals surface area (Å²) in [4.78, 5) is 21.9. The van der Waals surface area contributed by atoms with Crippen molar-refractivity contribution in [2.45, 2.75) is 19.8 Å². The second-order valence-electron chi connectivity index (χ2n) is 2.72. The van der Waals surface area contributed by atoms with E-state index in [-0.39, 0.29) is 24.7 Å². The molecule has 0 aromatic heterocycles. The monoisotopic (exact) mass is 202 g/mol. The fourth-order valence-electron chi connectivity index (χ4n) is 0.847. The van der Waals surface area contributed by atoms with Crippen molar-refractivity contribution in [3.05, 3.63) is 0 Å². The topological polar surface area (TPSA) is 67.4 Å². The van der Waals surface area contributed by atoms with Gasteiger partial charge in [0.05, 0.1) is 6.61 Å². The summed E-state index contributed by atoms with van der Waals surface area (Å²) in [6.45, 7) is 3.56. The van der Waals surface area contributed by atoms with Gasteiger partial charge in [-0.15, -0.1) is 0 Å². The van der Waals surface area contributed by atoms with Crippen LogP contribution in [0.2, 0.25) is 0 Å². The van der Waals surface area contributed by atoms with Crippen LogP contribution in [0, 0.1) is 0 Å². The van der Waals surface area contributed by atoms with Crippen LogP contribution in [-0.4, -0.2) is 38.6 Å². The van der Waals surface area contributed by atoms with Crippen LogP contribution >= 0.6 is 0 Å². The van der Waals surface area contributed by atoms with Crippen LogP contribution in [-0.2, 0) is 14.3 Å². The van der Waals surface area contributed by atoms with E-state index in [2.05, 4.69) is 10.6 Å². The SMILES string of the molecule is CCOCCNC(=O)CCC(=O)NC. The van der Waals surface area contributed by atoms with Crippen molar-refractivity contribution in [1.29, 1.82) is 0 Å². The van der Waals surface area contributed by atoms with Gasteiger partial charge < -0.3 is 15.4 Å². The molecule has 2 N–H and O–H groups in total. The molecule has 0 aliphatic rings. The Balaban J connectivity index is 3.32. The molecule has 82 valence electrons. The number of hydrogen-bond acceptors (Lipinski definition) is 3. The van der Waals surface area contributed by atoms with E-state index >= 15 is 0 Å². The Bertz CT molecular complexity index is 183. The Morgan fingerprint density at radius 1 is 1.21 bits per heavy atom. The van der Waals surface area contributed by atoms with Gasteiger partial charge in [-0.2, -0.15) is 0 Å². The van der Waals surface area contributed by atoms with Crippen molar-refractivity contribution in [1.82, 2.24) is 10.6 Å². The summed E-state index contributed by atoms with van der Waals surface area (Å²) in [5.74, 6) is -0.238. The van der Waals surface area contributed by atoms with E-state index in [4.69, 9.17) is 4.74 Å². The maximum absolute atomic E-state index is 11.1. The molecule has 0 radical (unpaired) electrons. The van der Waals surface area contributed by atoms with Gasteiger partial charge in [0.2, 0.25) is 11.8 Å². The molecule has 2 amide bonds. The zero-order valence-electron chi connectivity index (χ0n) is 8.76. The number of hydrogen-bond donors (Lipinski definition) is 2. The summed E-state index contributed by atoms with van der Waals surface area (Å²) < 4.78 is 5.04. The molecule has 0 aromatic rings. The number of nitrogens with one attached hydrogen (secondary N) is 2. The second-order valence-corrected chi connectivity index (χ2v) is 2.72. The highest BCUT2D eigenvalue weighted by Gasteiger charge is 2.03. The van der Waals surface area contributed by atoms with E-state index < -0.39 is 0 Å². The van der Waals surface area contributed by atoms with Crippen LogP contribution in [0.4, 0.5) is 0 Å². The van der Waals surface area contributed by atoms with Crippen molar-refractivity contribution in [2.24, 2.45) is 0 Å². The minimum Gasteiger partial charge on any atom is -0.380 e. The third kappa shape index (κ3) is 7.54. The van der Waals surface area contributed by atoms with Gasteiger partial charge in [0, 0.05) is 33.0 Å². The first kappa shape index (κ1) is 12.9. The number of rotatable bonds is 7. The fraction of sp³-hybridized carbons (Fsp3) is 0.778. The highest BCUT2D eigenvalue weighted by Crippen LogP contribution is 1.87. The highest BCUT2D eigenvalue weighted by atomic mass is 16.5. The standard InChI is InChI=1S/C9H18N2O3/c1-3-14-7-6-11-9(13)5-4-8(12)10-2/h3-7H2,1-2H3,(H,10,12)(H,11,13). The molecule has 5 heteroatoms. The molecular formula is C9H18N2O3. The van der Waals surface area contributed by atoms with E-state index in [0.717, 1.165) is 0 Å². The molecule has 0 unspecified atom stereocenters. The largest absolute Gasteiger partial charge is 0.380 e. The zero-order valence-corrected chi connectivity index (χ0v) is 8.76. The van der Waals surface area contributed by atoms with Crippen LogP contribution in [0.1, 0.15) is 19.8 Å². The van der Waals surface area contributed by atoms with E-state index in [9.17, 15) is 9.59 Å². The van der Waals surface area contributed by atoms with E-state index in [1.54, 1.807) is 7.05 Å². The predicted octanol–water partition coefficient (Wildman–Crippen LogP) is -0.335. The van der Waals surface area contributed by atoms with Gasteiger partial charge in [-0.25, -0.2) is 0 Å². The first-order valence-electron chi connectivity index (χ1n) is 4.75. The lowest BCUT2D eigenvalue weighted by Gasteiger charge is -2.04. The number of carbonyl (C=O) groups is 2. The Morgan fingerprint density at radius 3 is 2.43 bits per heavy atom. The summed E-state index contributed by atoms with van der Waals surface area (Å²) >= 11 is 0. The van der Waals surface area contributed by atoms with Crippen molar-refractivity contribution in [3.8, 4) is 0 Å². The normalized spacial score (nSPS) is 9.57. The van der Waals surface area contributed by atoms with Gasteiger partial charge in [-0.1, -0.05) is 0 Å². The average molecular weight is 202 g/mol. The Labute approximate surface area is 84.2 Å². The first-order valence-corrected chi connectivity index (χ1v) is 4.75. The smallest absolute Gasteiger partial charge is 0.220 e. The van der Waals surface area contributed by atoms with Crippen LogP contribution in [0.3, 0.4) is 0 Å². The van der Waals surface area contributed by atoms with Gasteiger partial charge in [0.25, 0.3) is 0 Å². The summed E-state index contributed by atoms with van der Waals surface area (Å²) in [6.07, 6.45) is 0.461. The van der Waals surface area contributed by atoms with Crippen LogP contribution in [0.25, 0.3) is 0 Å². The second kappa shape index (κ2) is 8.50. The molecule has 0 aromatic carbocycles. The molecule has 5 nitrogen and oxygen atoms in total. The molecule has 0 rings (SSSR count). The fourth-order valence-corrected chi connectivity index (χ4v) is 0.847. The molecule has 0 bridgehead atoms. The van der Waals surface area contributed by atoms with Gasteiger partial charge in [0.15, 0.2) is 0 Å². The molecule has 14 heavy (non-hydrogen) atoms. The first-order chi connectivity index (χ1) is 6.70. The molecule has 0 aliphatic heterocycles. The van der Waals surface area contributed by atoms with Gasteiger partial charge >= 0.3 is 0 Å². The minimum atomic E-state index is -0.120. The minimum absolute atomic E-state index is 0.117. The van der Waals surface area contributed by atoms with Crippen LogP contribution in [0.5, 0.6) is 0 Å². The third-order valence-electron chi connectivity index (χ3n) is 1.63. The molecule has 0 atom stereocenters. The lowest BCUT2D eigenvalue weighted by atomic mass is 10.3. The van der Waals surface area contributed by atoms with E-state index in [1.165, 1.54) is 0 Å². The predicted molar refractivity (Wildman–Crippen MR) is 52.8 cm³/mol. The molecular weight excluding hydrogens is 184 g/mol. The molecule has 0 saturated carbocycles. The molecule has 0 heterocycles. The van der Waals surface area contributed by atoms with Gasteiger partial charge in [-0.3, -0.25) is 9.59 Å². The maximum atomic E-state index is 11.1. The Kier molecular flexibility index (Phi) is 7.83. The summed E-state index contributed by atoms with van der Waals surface area (Å²) in [5.41, 5.74) is 0. The Hall–Kier alpha value is -1.10. The molecule has 0 saturated heterocycles. The van der Waals surface area contributed by atoms with Crippen molar-refractivity contribution < 1.29 is 14.3 Å². The average Bonchev–Trinajstić information content (AvgIpc) is 2.21. The van der Waals surface area contributed by atoms with Gasteiger partial charge in [-0.05, 0) is 6.92 Å². The van der Waals surface area contributed by atoms with Crippen molar-refractivity contribution >= 4 is 11.8 Å². The molecule has 0 fully saturated rings. The summed E-state index contributed by atoms with van der Waals surface area (Å²) in [7, 11) is 1.55. The number of ether oxygens (including phenoxy) is 1. The van der Waals surface area contributed by atoms with Crippen molar-refractivity contribution in [3.63, 3.8) is 0 Å². The number of carbonyl (C=O) groups excluding carboxylic acids is 2.